The molecule has 0 saturated carbocycles. The van der Waals surface area contributed by atoms with E-state index in [2.05, 4.69) is 84.9 Å². The summed E-state index contributed by atoms with van der Waals surface area (Å²) in [6.45, 7) is 9.92. The lowest BCUT2D eigenvalue weighted by atomic mass is 10.1. The van der Waals surface area contributed by atoms with Crippen LogP contribution in [0.3, 0.4) is 0 Å². The van der Waals surface area contributed by atoms with E-state index in [1.165, 1.54) is 32.1 Å². The SMILES string of the molecule is CCOC(=O)CC[NH+](CCCCc1ccccc1)Cc1cccc(C[NH+](CCCCc2ccccc2)CCC(=O)OCC)c1. The van der Waals surface area contributed by atoms with E-state index in [4.69, 9.17) is 9.47 Å². The van der Waals surface area contributed by atoms with Crippen molar-refractivity contribution in [2.75, 3.05) is 39.4 Å². The molecule has 0 aliphatic heterocycles. The molecule has 6 heteroatoms. The van der Waals surface area contributed by atoms with Crippen LogP contribution in [0, 0.1) is 0 Å². The first-order chi connectivity index (χ1) is 21.6. The highest BCUT2D eigenvalue weighted by molar-refractivity contribution is 5.69. The fraction of sp³-hybridized carbons (Fsp3) is 0.474. The van der Waals surface area contributed by atoms with Gasteiger partial charge in [0.2, 0.25) is 0 Å². The number of rotatable bonds is 22. The van der Waals surface area contributed by atoms with Crippen molar-refractivity contribution in [1.82, 2.24) is 0 Å². The number of esters is 2. The van der Waals surface area contributed by atoms with Crippen LogP contribution in [0.4, 0.5) is 0 Å². The zero-order valence-corrected chi connectivity index (χ0v) is 27.0. The van der Waals surface area contributed by atoms with Gasteiger partial charge in [0.15, 0.2) is 0 Å². The van der Waals surface area contributed by atoms with Gasteiger partial charge in [0.25, 0.3) is 0 Å². The van der Waals surface area contributed by atoms with Gasteiger partial charge in [-0.05, 0) is 69.6 Å². The molecule has 0 spiro atoms. The van der Waals surface area contributed by atoms with Crippen LogP contribution in [0.1, 0.15) is 74.6 Å². The van der Waals surface area contributed by atoms with Crippen molar-refractivity contribution in [3.05, 3.63) is 107 Å². The molecule has 3 aromatic rings. The first-order valence-corrected chi connectivity index (χ1v) is 16.7. The minimum absolute atomic E-state index is 0.115. The fourth-order valence-corrected chi connectivity index (χ4v) is 5.75. The molecular formula is C38H54N2O4+2. The van der Waals surface area contributed by atoms with Crippen LogP contribution in [0.2, 0.25) is 0 Å². The van der Waals surface area contributed by atoms with Crippen LogP contribution in [0.25, 0.3) is 0 Å². The van der Waals surface area contributed by atoms with Crippen molar-refractivity contribution < 1.29 is 28.9 Å². The molecule has 2 N–H and O–H groups in total. The fourth-order valence-electron chi connectivity index (χ4n) is 5.75. The Balaban J connectivity index is 1.58. The Morgan fingerprint density at radius 1 is 0.523 bits per heavy atom. The zero-order chi connectivity index (χ0) is 31.2. The first kappa shape index (κ1) is 35.0. The van der Waals surface area contributed by atoms with Crippen LogP contribution in [-0.4, -0.2) is 51.3 Å². The molecule has 0 aliphatic rings. The van der Waals surface area contributed by atoms with Gasteiger partial charge < -0.3 is 19.3 Å². The summed E-state index contributed by atoms with van der Waals surface area (Å²) in [6.07, 6.45) is 7.54. The monoisotopic (exact) mass is 602 g/mol. The molecule has 44 heavy (non-hydrogen) atoms. The Hall–Kier alpha value is -3.48. The number of carbonyl (C=O) groups is 2. The molecule has 0 bridgehead atoms. The molecule has 0 amide bonds. The molecule has 2 atom stereocenters. The average molecular weight is 603 g/mol. The summed E-state index contributed by atoms with van der Waals surface area (Å²) >= 11 is 0. The number of hydrogen-bond donors (Lipinski definition) is 2. The van der Waals surface area contributed by atoms with Gasteiger partial charge in [-0.2, -0.15) is 0 Å². The summed E-state index contributed by atoms with van der Waals surface area (Å²) in [5.41, 5.74) is 5.34. The quantitative estimate of drug-likeness (QED) is 0.132. The van der Waals surface area contributed by atoms with Gasteiger partial charge in [-0.3, -0.25) is 9.59 Å². The van der Waals surface area contributed by atoms with Crippen molar-refractivity contribution >= 4 is 11.9 Å². The molecule has 0 aromatic heterocycles. The number of carbonyl (C=O) groups excluding carboxylic acids is 2. The third-order valence-electron chi connectivity index (χ3n) is 8.05. The Labute approximate surface area is 265 Å². The maximum atomic E-state index is 12.2. The van der Waals surface area contributed by atoms with E-state index >= 15 is 0 Å². The number of nitrogens with one attached hydrogen (secondary N) is 2. The van der Waals surface area contributed by atoms with E-state index in [9.17, 15) is 9.59 Å². The van der Waals surface area contributed by atoms with Crippen molar-refractivity contribution in [2.24, 2.45) is 0 Å². The summed E-state index contributed by atoms with van der Waals surface area (Å²) in [4.78, 5) is 27.1. The molecule has 0 heterocycles. The largest absolute Gasteiger partial charge is 0.466 e. The minimum atomic E-state index is -0.115. The lowest BCUT2D eigenvalue weighted by Gasteiger charge is -2.21. The maximum Gasteiger partial charge on any atom is 0.311 e. The molecule has 238 valence electrons. The number of benzene rings is 3. The van der Waals surface area contributed by atoms with E-state index in [-0.39, 0.29) is 11.9 Å². The average Bonchev–Trinajstić information content (AvgIpc) is 3.04. The van der Waals surface area contributed by atoms with Crippen LogP contribution >= 0.6 is 0 Å². The van der Waals surface area contributed by atoms with E-state index < -0.39 is 0 Å². The van der Waals surface area contributed by atoms with Gasteiger partial charge >= 0.3 is 11.9 Å². The molecule has 0 fully saturated rings. The van der Waals surface area contributed by atoms with Gasteiger partial charge in [0, 0.05) is 11.1 Å². The van der Waals surface area contributed by atoms with E-state index in [0.29, 0.717) is 26.1 Å². The van der Waals surface area contributed by atoms with Gasteiger partial charge in [0.1, 0.15) is 13.1 Å². The summed E-state index contributed by atoms with van der Waals surface area (Å²) < 4.78 is 10.4. The summed E-state index contributed by atoms with van der Waals surface area (Å²) in [5.74, 6) is -0.229. The molecule has 3 aromatic carbocycles. The number of ether oxygens (including phenoxy) is 2. The lowest BCUT2D eigenvalue weighted by molar-refractivity contribution is -0.914. The standard InChI is InChI=1S/C38H52N2O4/c1-3-43-37(41)24-28-39(26-13-11-20-33-16-7-5-8-17-33)31-35-22-15-23-36(30-35)32-40(29-25-38(42)44-4-2)27-14-12-21-34-18-9-6-10-19-34/h5-10,15-19,22-23,30H,3-4,11-14,20-21,24-29,31-32H2,1-2H3/p+2. The Morgan fingerprint density at radius 2 is 0.932 bits per heavy atom. The predicted molar refractivity (Wildman–Crippen MR) is 177 cm³/mol. The molecule has 2 unspecified atom stereocenters. The van der Waals surface area contributed by atoms with Crippen LogP contribution in [0.15, 0.2) is 84.9 Å². The number of unbranched alkanes of at least 4 members (excludes halogenated alkanes) is 2. The smallest absolute Gasteiger partial charge is 0.311 e. The molecule has 6 nitrogen and oxygen atoms in total. The van der Waals surface area contributed by atoms with Crippen molar-refractivity contribution in [3.63, 3.8) is 0 Å². The Bertz CT molecular complexity index is 1110. The topological polar surface area (TPSA) is 61.5 Å². The normalized spacial score (nSPS) is 12.4. The molecule has 0 radical (unpaired) electrons. The van der Waals surface area contributed by atoms with E-state index in [1.807, 2.05) is 13.8 Å². The highest BCUT2D eigenvalue weighted by atomic mass is 16.5. The van der Waals surface area contributed by atoms with Gasteiger partial charge in [0.05, 0.1) is 52.2 Å². The summed E-state index contributed by atoms with van der Waals surface area (Å²) in [7, 11) is 0. The zero-order valence-electron chi connectivity index (χ0n) is 27.0. The third kappa shape index (κ3) is 14.8. The number of quaternary nitrogens is 2. The van der Waals surface area contributed by atoms with Gasteiger partial charge in [-0.15, -0.1) is 0 Å². The Kier molecular flexibility index (Phi) is 16.9. The van der Waals surface area contributed by atoms with E-state index in [0.717, 1.165) is 77.8 Å². The second-order valence-corrected chi connectivity index (χ2v) is 11.7. The maximum absolute atomic E-state index is 12.2. The minimum Gasteiger partial charge on any atom is -0.466 e. The van der Waals surface area contributed by atoms with Crippen LogP contribution in [-0.2, 0) is 45.0 Å². The highest BCUT2D eigenvalue weighted by Crippen LogP contribution is 2.07. The Morgan fingerprint density at radius 3 is 1.34 bits per heavy atom. The molecule has 3 rings (SSSR count). The number of aryl methyl sites for hydroxylation is 2. The summed E-state index contributed by atoms with van der Waals surface area (Å²) in [6, 6.07) is 30.2. The lowest BCUT2D eigenvalue weighted by Crippen LogP contribution is -3.11. The highest BCUT2D eigenvalue weighted by Gasteiger charge is 2.16. The first-order valence-electron chi connectivity index (χ1n) is 16.7. The van der Waals surface area contributed by atoms with Crippen molar-refractivity contribution in [3.8, 4) is 0 Å². The summed E-state index contributed by atoms with van der Waals surface area (Å²) in [5, 5.41) is 0. The number of hydrogen-bond acceptors (Lipinski definition) is 4. The van der Waals surface area contributed by atoms with Crippen LogP contribution in [0.5, 0.6) is 0 Å². The second kappa shape index (κ2) is 21.3. The predicted octanol–water partition coefficient (Wildman–Crippen LogP) is 4.41. The van der Waals surface area contributed by atoms with E-state index in [1.54, 1.807) is 0 Å². The van der Waals surface area contributed by atoms with Crippen LogP contribution < -0.4 is 9.80 Å². The molecular weight excluding hydrogens is 548 g/mol. The van der Waals surface area contributed by atoms with Gasteiger partial charge in [-0.1, -0.05) is 78.9 Å². The molecule has 0 aliphatic carbocycles. The van der Waals surface area contributed by atoms with Crippen molar-refractivity contribution in [1.29, 1.82) is 0 Å². The van der Waals surface area contributed by atoms with Gasteiger partial charge in [-0.25, -0.2) is 0 Å². The molecule has 0 saturated heterocycles. The van der Waals surface area contributed by atoms with Crippen molar-refractivity contribution in [2.45, 2.75) is 78.3 Å². The third-order valence-corrected chi connectivity index (χ3v) is 8.05. The second-order valence-electron chi connectivity index (χ2n) is 11.7.